The van der Waals surface area contributed by atoms with Gasteiger partial charge in [0, 0.05) is 45.5 Å². The summed E-state index contributed by atoms with van der Waals surface area (Å²) < 4.78 is 0. The number of allylic oxidation sites excluding steroid dienone is 12. The third-order valence-electron chi connectivity index (χ3n) is 8.58. The number of carbonyl (C=O) groups is 1. The van der Waals surface area contributed by atoms with Crippen LogP contribution in [0.25, 0.3) is 5.57 Å². The van der Waals surface area contributed by atoms with E-state index in [9.17, 15) is 9.90 Å². The first-order valence-corrected chi connectivity index (χ1v) is 14.1. The molecule has 2 N–H and O–H groups in total. The first-order valence-electron chi connectivity index (χ1n) is 14.1. The Morgan fingerprint density at radius 1 is 0.927 bits per heavy atom. The Hall–Kier alpha value is -4.58. The van der Waals surface area contributed by atoms with E-state index < -0.39 is 0 Å². The monoisotopic (exact) mass is 540 g/mol. The molecule has 0 saturated carbocycles. The number of aliphatic hydroxyl groups excluding tert-OH is 1. The first-order chi connectivity index (χ1) is 19.5. The molecule has 41 heavy (non-hydrogen) atoms. The first kappa shape index (κ1) is 25.4. The maximum Gasteiger partial charge on any atom is 0.162 e. The van der Waals surface area contributed by atoms with Crippen LogP contribution in [0.4, 0.5) is 0 Å². The van der Waals surface area contributed by atoms with Crippen molar-refractivity contribution in [3.8, 4) is 0 Å². The highest BCUT2D eigenvalue weighted by Gasteiger charge is 2.39. The third kappa shape index (κ3) is 4.00. The summed E-state index contributed by atoms with van der Waals surface area (Å²) in [5.41, 5.74) is 14.3. The Balaban J connectivity index is 1.53. The van der Waals surface area contributed by atoms with Crippen LogP contribution in [-0.2, 0) is 4.79 Å². The zero-order valence-corrected chi connectivity index (χ0v) is 24.2. The molecule has 8 bridgehead atoms. The quantitative estimate of drug-likeness (QED) is 0.427. The molecule has 1 aromatic carbocycles. The number of rotatable bonds is 2. The maximum absolute atomic E-state index is 12.6. The molecule has 6 aliphatic rings. The van der Waals surface area contributed by atoms with Crippen LogP contribution in [0.2, 0.25) is 0 Å². The van der Waals surface area contributed by atoms with Crippen molar-refractivity contribution >= 4 is 28.5 Å². The van der Waals surface area contributed by atoms with Crippen molar-refractivity contribution in [1.29, 1.82) is 0 Å². The molecule has 0 amide bonds. The molecule has 1 saturated heterocycles. The van der Waals surface area contributed by atoms with Gasteiger partial charge in [-0.25, -0.2) is 15.0 Å². The maximum atomic E-state index is 12.6. The Morgan fingerprint density at radius 3 is 2.41 bits per heavy atom. The Morgan fingerprint density at radius 2 is 1.68 bits per heavy atom. The van der Waals surface area contributed by atoms with E-state index in [2.05, 4.69) is 52.1 Å². The van der Waals surface area contributed by atoms with Gasteiger partial charge in [0.25, 0.3) is 0 Å². The van der Waals surface area contributed by atoms with E-state index in [0.29, 0.717) is 23.5 Å². The Bertz CT molecular complexity index is 1850. The molecule has 6 nitrogen and oxygen atoms in total. The van der Waals surface area contributed by atoms with Gasteiger partial charge in [0.1, 0.15) is 5.76 Å². The Kier molecular flexibility index (Phi) is 5.39. The molecule has 6 heteroatoms. The summed E-state index contributed by atoms with van der Waals surface area (Å²) in [7, 11) is 0. The fourth-order valence-electron chi connectivity index (χ4n) is 6.69. The molecule has 0 radical (unpaired) electrons. The van der Waals surface area contributed by atoms with Crippen molar-refractivity contribution in [2.24, 2.45) is 20.4 Å². The third-order valence-corrected chi connectivity index (χ3v) is 8.58. The number of hydrogen-bond acceptors (Lipinski definition) is 6. The average molecular weight is 541 g/mol. The molecule has 204 valence electrons. The highest BCUT2D eigenvalue weighted by molar-refractivity contribution is 6.22. The van der Waals surface area contributed by atoms with Crippen LogP contribution in [0.3, 0.4) is 0 Å². The molecule has 0 aromatic heterocycles. The van der Waals surface area contributed by atoms with E-state index in [1.165, 1.54) is 5.56 Å². The minimum atomic E-state index is -0.182. The molecule has 7 rings (SSSR count). The number of hydrogen-bond donors (Lipinski definition) is 2. The van der Waals surface area contributed by atoms with E-state index in [0.717, 1.165) is 79.8 Å². The predicted octanol–water partition coefficient (Wildman–Crippen LogP) is 6.91. The lowest BCUT2D eigenvalue weighted by molar-refractivity contribution is -0.113. The zero-order chi connectivity index (χ0) is 28.8. The van der Waals surface area contributed by atoms with Crippen molar-refractivity contribution in [2.75, 3.05) is 0 Å². The summed E-state index contributed by atoms with van der Waals surface area (Å²) in [5.74, 6) is 0.310. The number of benzene rings is 1. The number of Topliss-reactive ketones (excluding diaryl/α,β-unsaturated/α-hetero) is 1. The number of carbonyl (C=O) groups excluding carboxylic acids is 1. The van der Waals surface area contributed by atoms with Crippen molar-refractivity contribution in [1.82, 2.24) is 5.32 Å². The van der Waals surface area contributed by atoms with Crippen molar-refractivity contribution in [2.45, 2.75) is 54.4 Å². The van der Waals surface area contributed by atoms with Crippen LogP contribution in [-0.4, -0.2) is 28.0 Å². The summed E-state index contributed by atoms with van der Waals surface area (Å²) in [6.07, 6.45) is 13.0. The largest absolute Gasteiger partial charge is 0.511 e. The normalized spacial score (nSPS) is 22.0. The minimum Gasteiger partial charge on any atom is -0.511 e. The summed E-state index contributed by atoms with van der Waals surface area (Å²) >= 11 is 0. The topological polar surface area (TPSA) is 86.4 Å². The van der Waals surface area contributed by atoms with Crippen LogP contribution in [0, 0.1) is 26.2 Å². The van der Waals surface area contributed by atoms with E-state index in [1.807, 2.05) is 36.5 Å². The molecule has 0 atom stereocenters. The van der Waals surface area contributed by atoms with Gasteiger partial charge < -0.3 is 10.4 Å². The van der Waals surface area contributed by atoms with Gasteiger partial charge in [0.2, 0.25) is 0 Å². The van der Waals surface area contributed by atoms with Crippen LogP contribution >= 0.6 is 0 Å². The van der Waals surface area contributed by atoms with Gasteiger partial charge in [-0.05, 0) is 87.3 Å². The molecule has 0 spiro atoms. The van der Waals surface area contributed by atoms with Gasteiger partial charge in [-0.2, -0.15) is 0 Å². The van der Waals surface area contributed by atoms with Gasteiger partial charge in [-0.1, -0.05) is 31.5 Å². The van der Waals surface area contributed by atoms with E-state index in [1.54, 1.807) is 6.92 Å². The molecule has 0 unspecified atom stereocenters. The second-order valence-corrected chi connectivity index (χ2v) is 12.3. The van der Waals surface area contributed by atoms with Gasteiger partial charge in [0.15, 0.2) is 5.78 Å². The zero-order valence-electron chi connectivity index (χ0n) is 24.2. The summed E-state index contributed by atoms with van der Waals surface area (Å²) in [6, 6.07) is 4.37. The van der Waals surface area contributed by atoms with Crippen LogP contribution < -0.4 is 5.32 Å². The van der Waals surface area contributed by atoms with Crippen LogP contribution in [0.15, 0.2) is 115 Å². The number of aliphatic hydroxyl groups is 1. The lowest BCUT2D eigenvalue weighted by Gasteiger charge is -2.17. The lowest BCUT2D eigenvalue weighted by Crippen LogP contribution is -2.15. The molecule has 5 aliphatic heterocycles. The lowest BCUT2D eigenvalue weighted by atomic mass is 9.87. The van der Waals surface area contributed by atoms with Crippen molar-refractivity contribution in [3.05, 3.63) is 122 Å². The summed E-state index contributed by atoms with van der Waals surface area (Å²) in [4.78, 5) is 27.7. The highest BCUT2D eigenvalue weighted by Crippen LogP contribution is 2.46. The van der Waals surface area contributed by atoms with Crippen LogP contribution in [0.5, 0.6) is 0 Å². The molecule has 1 aromatic rings. The SMILES string of the molecule is CC(=O)C1=CC2=NC1=CC1=NC(=C(c3c(C)cc(C)cc3C)C3=CC4=C(O)CC(=C5CC(C)(C)C(=C2)N5)C4=N3)C=C1. The number of nitrogens with one attached hydrogen (secondary N) is 1. The number of aryl methyl sites for hydroxylation is 3. The summed E-state index contributed by atoms with van der Waals surface area (Å²) in [6.45, 7) is 12.3. The van der Waals surface area contributed by atoms with Gasteiger partial charge >= 0.3 is 0 Å². The standard InChI is InChI=1S/C35H32N4O2/c1-17-9-18(2)32(19(3)10-17)33-26-8-7-21(36-26)12-27-23(20(4)40)11-22(37-27)13-31-35(5,6)16-29(38-31)24-15-30(41)25-14-28(33)39-34(24)25/h7-14,38,41H,15-16H2,1-6H3. The predicted molar refractivity (Wildman–Crippen MR) is 165 cm³/mol. The average Bonchev–Trinajstić information content (AvgIpc) is 3.68. The van der Waals surface area contributed by atoms with E-state index in [-0.39, 0.29) is 11.2 Å². The van der Waals surface area contributed by atoms with E-state index >= 15 is 0 Å². The number of ketones is 1. The minimum absolute atomic E-state index is 0.0320. The second-order valence-electron chi connectivity index (χ2n) is 12.3. The summed E-state index contributed by atoms with van der Waals surface area (Å²) in [5, 5.41) is 14.8. The fraction of sp³-hybridized carbons (Fsp3) is 0.257. The molecular weight excluding hydrogens is 508 g/mol. The molecular formula is C35H32N4O2. The molecule has 1 aliphatic carbocycles. The van der Waals surface area contributed by atoms with Crippen molar-refractivity contribution in [3.63, 3.8) is 0 Å². The Labute approximate surface area is 240 Å². The van der Waals surface area contributed by atoms with Crippen molar-refractivity contribution < 1.29 is 9.90 Å². The second kappa shape index (κ2) is 8.71. The number of aliphatic imine (C=N–C) groups is 3. The van der Waals surface area contributed by atoms with Gasteiger partial charge in [-0.15, -0.1) is 0 Å². The van der Waals surface area contributed by atoms with Gasteiger partial charge in [0.05, 0.1) is 34.2 Å². The fourth-order valence-corrected chi connectivity index (χ4v) is 6.69. The molecule has 1 fully saturated rings. The van der Waals surface area contributed by atoms with E-state index in [4.69, 9.17) is 15.0 Å². The number of fused-ring (bicyclic) bond motifs is 5. The number of nitrogens with zero attached hydrogens (tertiary/aromatic N) is 3. The highest BCUT2D eigenvalue weighted by atomic mass is 16.3. The van der Waals surface area contributed by atoms with Gasteiger partial charge in [-0.3, -0.25) is 4.79 Å². The molecule has 5 heterocycles. The smallest absolute Gasteiger partial charge is 0.162 e. The van der Waals surface area contributed by atoms with Crippen LogP contribution in [0.1, 0.15) is 55.9 Å².